The molecule has 0 aliphatic heterocycles. The van der Waals surface area contributed by atoms with Crippen LogP contribution in [0.15, 0.2) is 77.9 Å². The molecule has 1 unspecified atom stereocenters. The summed E-state index contributed by atoms with van der Waals surface area (Å²) in [6, 6.07) is 13.7. The summed E-state index contributed by atoms with van der Waals surface area (Å²) in [6.45, 7) is 1.69. The van der Waals surface area contributed by atoms with Crippen LogP contribution in [-0.2, 0) is 11.8 Å². The number of nitrogens with one attached hydrogen (secondary N) is 2. The Morgan fingerprint density at radius 2 is 1.65 bits per heavy atom. The summed E-state index contributed by atoms with van der Waals surface area (Å²) in [7, 11) is 1.59. The van der Waals surface area contributed by atoms with E-state index in [1.807, 2.05) is 0 Å². The smallest absolute Gasteiger partial charge is 0.260 e. The first kappa shape index (κ1) is 24.1. The number of aromatic amines is 1. The fraction of sp³-hybridized carbons (Fsp3) is 0.107. The highest BCUT2D eigenvalue weighted by atomic mass is 19.1. The van der Waals surface area contributed by atoms with Crippen LogP contribution in [0.5, 0.6) is 0 Å². The molecule has 3 heterocycles. The quantitative estimate of drug-likeness (QED) is 0.321. The highest BCUT2D eigenvalue weighted by Gasteiger charge is 2.21. The van der Waals surface area contributed by atoms with Crippen LogP contribution < -0.4 is 10.9 Å². The van der Waals surface area contributed by atoms with Crippen molar-refractivity contribution < 1.29 is 18.0 Å². The molecule has 5 rings (SSSR count). The maximum absolute atomic E-state index is 14.2. The molecule has 0 fully saturated rings. The molecule has 0 saturated heterocycles. The Morgan fingerprint density at radius 1 is 0.946 bits per heavy atom. The third-order valence-corrected chi connectivity index (χ3v) is 6.24. The Labute approximate surface area is 209 Å². The summed E-state index contributed by atoms with van der Waals surface area (Å²) >= 11 is 0. The number of rotatable bonds is 5. The number of H-pyrrole nitrogens is 1. The molecule has 0 spiro atoms. The van der Waals surface area contributed by atoms with Crippen LogP contribution in [-0.4, -0.2) is 20.4 Å². The molecule has 37 heavy (non-hydrogen) atoms. The van der Waals surface area contributed by atoms with Gasteiger partial charge in [-0.25, -0.2) is 18.2 Å². The first-order valence-electron chi connectivity index (χ1n) is 11.4. The Hall–Kier alpha value is -4.66. The molecule has 5 aromatic rings. The van der Waals surface area contributed by atoms with E-state index in [1.165, 1.54) is 22.9 Å². The number of hydrogen-bond acceptors (Lipinski definition) is 3. The summed E-state index contributed by atoms with van der Waals surface area (Å²) in [5, 5.41) is 3.03. The molecule has 9 heteroatoms. The molecule has 2 N–H and O–H groups in total. The first-order valence-corrected chi connectivity index (χ1v) is 11.4. The van der Waals surface area contributed by atoms with Crippen molar-refractivity contribution in [2.24, 2.45) is 7.05 Å². The number of hydrogen-bond donors (Lipinski definition) is 2. The summed E-state index contributed by atoms with van der Waals surface area (Å²) in [6.07, 6.45) is 3.07. The van der Waals surface area contributed by atoms with Gasteiger partial charge >= 0.3 is 0 Å². The Bertz CT molecular complexity index is 1690. The summed E-state index contributed by atoms with van der Waals surface area (Å²) in [5.41, 5.74) is 2.29. The van der Waals surface area contributed by atoms with Gasteiger partial charge in [-0.2, -0.15) is 0 Å². The Balaban J connectivity index is 1.59. The molecule has 0 aliphatic rings. The van der Waals surface area contributed by atoms with Crippen molar-refractivity contribution >= 4 is 22.6 Å². The average molecular weight is 502 g/mol. The third-order valence-electron chi connectivity index (χ3n) is 6.24. The summed E-state index contributed by atoms with van der Waals surface area (Å²) < 4.78 is 43.0. The zero-order valence-corrected chi connectivity index (χ0v) is 19.9. The van der Waals surface area contributed by atoms with Gasteiger partial charge in [-0.05, 0) is 60.5 Å². The van der Waals surface area contributed by atoms with Crippen molar-refractivity contribution in [2.75, 3.05) is 5.32 Å². The van der Waals surface area contributed by atoms with Crippen LogP contribution in [0.1, 0.15) is 18.4 Å². The van der Waals surface area contributed by atoms with Crippen molar-refractivity contribution in [3.63, 3.8) is 0 Å². The lowest BCUT2D eigenvalue weighted by atomic mass is 9.98. The number of aryl methyl sites for hydroxylation is 1. The van der Waals surface area contributed by atoms with Crippen molar-refractivity contribution in [1.29, 1.82) is 0 Å². The van der Waals surface area contributed by atoms with Crippen LogP contribution in [0.4, 0.5) is 19.0 Å². The summed E-state index contributed by atoms with van der Waals surface area (Å²) in [5.74, 6) is -2.64. The monoisotopic (exact) mass is 502 g/mol. The number of anilines is 1. The molecule has 0 saturated carbocycles. The standard InChI is InChI=1S/C28H21F3N4O2/c1-15(16-3-5-19(29)6-4-16)27(36)34-23-13-17(7-9-32-23)26-24(18-11-20(30)14-21(31)12-18)25-22(33-26)8-10-35(2)28(25)37/h3-15,33H,1-2H3,(H,32,34,36). The molecular weight excluding hydrogens is 481 g/mol. The Kier molecular flexibility index (Phi) is 6.12. The second-order valence-electron chi connectivity index (χ2n) is 8.75. The van der Waals surface area contributed by atoms with Crippen LogP contribution in [0.3, 0.4) is 0 Å². The van der Waals surface area contributed by atoms with Crippen LogP contribution in [0.2, 0.25) is 0 Å². The van der Waals surface area contributed by atoms with E-state index in [0.29, 0.717) is 27.9 Å². The zero-order chi connectivity index (χ0) is 26.3. The first-order chi connectivity index (χ1) is 17.7. The normalized spacial score (nSPS) is 12.0. The third kappa shape index (κ3) is 4.63. The highest BCUT2D eigenvalue weighted by Crippen LogP contribution is 2.38. The molecule has 2 aromatic carbocycles. The van der Waals surface area contributed by atoms with Gasteiger partial charge < -0.3 is 14.9 Å². The number of aromatic nitrogens is 3. The minimum absolute atomic E-state index is 0.189. The fourth-order valence-corrected chi connectivity index (χ4v) is 4.29. The van der Waals surface area contributed by atoms with E-state index >= 15 is 0 Å². The minimum atomic E-state index is -0.777. The van der Waals surface area contributed by atoms with Gasteiger partial charge in [0.05, 0.1) is 22.5 Å². The lowest BCUT2D eigenvalue weighted by Crippen LogP contribution is -2.19. The number of amides is 1. The van der Waals surface area contributed by atoms with Crippen LogP contribution in [0, 0.1) is 17.5 Å². The molecule has 0 radical (unpaired) electrons. The predicted molar refractivity (Wildman–Crippen MR) is 136 cm³/mol. The van der Waals surface area contributed by atoms with E-state index in [0.717, 1.165) is 18.2 Å². The van der Waals surface area contributed by atoms with E-state index in [1.54, 1.807) is 50.5 Å². The maximum atomic E-state index is 14.2. The number of pyridine rings is 2. The van der Waals surface area contributed by atoms with Gasteiger partial charge in [-0.15, -0.1) is 0 Å². The van der Waals surface area contributed by atoms with E-state index in [2.05, 4.69) is 15.3 Å². The molecule has 1 amide bonds. The second kappa shape index (κ2) is 9.42. The molecule has 3 aromatic heterocycles. The van der Waals surface area contributed by atoms with E-state index in [4.69, 9.17) is 0 Å². The van der Waals surface area contributed by atoms with Gasteiger partial charge in [0.15, 0.2) is 0 Å². The largest absolute Gasteiger partial charge is 0.354 e. The lowest BCUT2D eigenvalue weighted by molar-refractivity contribution is -0.117. The molecule has 1 atom stereocenters. The number of fused-ring (bicyclic) bond motifs is 1. The Morgan fingerprint density at radius 3 is 2.35 bits per heavy atom. The van der Waals surface area contributed by atoms with Gasteiger partial charge in [0.2, 0.25) is 5.91 Å². The average Bonchev–Trinajstić information content (AvgIpc) is 3.26. The SMILES string of the molecule is CC(C(=O)Nc1cc(-c2[nH]c3ccn(C)c(=O)c3c2-c2cc(F)cc(F)c2)ccn1)c1ccc(F)cc1. The van der Waals surface area contributed by atoms with E-state index in [-0.39, 0.29) is 28.2 Å². The van der Waals surface area contributed by atoms with Gasteiger partial charge in [0, 0.05) is 36.6 Å². The van der Waals surface area contributed by atoms with Crippen LogP contribution in [0.25, 0.3) is 33.3 Å². The number of carbonyl (C=O) groups excluding carboxylic acids is 1. The summed E-state index contributed by atoms with van der Waals surface area (Å²) in [4.78, 5) is 33.3. The predicted octanol–water partition coefficient (Wildman–Crippen LogP) is 5.76. The number of halogens is 3. The number of carbonyl (C=O) groups is 1. The molecule has 186 valence electrons. The van der Waals surface area contributed by atoms with Gasteiger partial charge in [-0.1, -0.05) is 12.1 Å². The van der Waals surface area contributed by atoms with Crippen molar-refractivity contribution in [1.82, 2.24) is 14.5 Å². The number of nitrogens with zero attached hydrogens (tertiary/aromatic N) is 2. The van der Waals surface area contributed by atoms with Gasteiger partial charge in [-0.3, -0.25) is 9.59 Å². The van der Waals surface area contributed by atoms with Gasteiger partial charge in [0.1, 0.15) is 23.3 Å². The van der Waals surface area contributed by atoms with E-state index < -0.39 is 23.4 Å². The minimum Gasteiger partial charge on any atom is -0.354 e. The van der Waals surface area contributed by atoms with Gasteiger partial charge in [0.25, 0.3) is 5.56 Å². The zero-order valence-electron chi connectivity index (χ0n) is 19.9. The van der Waals surface area contributed by atoms with Crippen molar-refractivity contribution in [3.05, 3.63) is 106 Å². The van der Waals surface area contributed by atoms with E-state index in [9.17, 15) is 22.8 Å². The molecule has 0 aliphatic carbocycles. The number of benzene rings is 2. The molecule has 0 bridgehead atoms. The molecule has 6 nitrogen and oxygen atoms in total. The maximum Gasteiger partial charge on any atom is 0.260 e. The fourth-order valence-electron chi connectivity index (χ4n) is 4.29. The highest BCUT2D eigenvalue weighted by molar-refractivity contribution is 6.03. The van der Waals surface area contributed by atoms with Crippen molar-refractivity contribution in [3.8, 4) is 22.4 Å². The molecular formula is C28H21F3N4O2. The topological polar surface area (TPSA) is 79.8 Å². The van der Waals surface area contributed by atoms with Crippen molar-refractivity contribution in [2.45, 2.75) is 12.8 Å². The lowest BCUT2D eigenvalue weighted by Gasteiger charge is -2.13. The van der Waals surface area contributed by atoms with Crippen LogP contribution >= 0.6 is 0 Å². The second-order valence-corrected chi connectivity index (χ2v) is 8.75.